The topological polar surface area (TPSA) is 12.9 Å². The van der Waals surface area contributed by atoms with Crippen LogP contribution in [0.4, 0.5) is 0 Å². The van der Waals surface area contributed by atoms with Crippen LogP contribution in [-0.2, 0) is 0 Å². The molecule has 0 amide bonds. The molecule has 2 rings (SSSR count). The Labute approximate surface area is 113 Å². The maximum Gasteiger partial charge on any atom is 0.0999 e. The number of nitrogens with zero attached hydrogens (tertiary/aromatic N) is 1. The van der Waals surface area contributed by atoms with Crippen molar-refractivity contribution in [2.45, 2.75) is 31.6 Å². The minimum Gasteiger partial charge on any atom is -0.249 e. The molecule has 2 heteroatoms. The lowest BCUT2D eigenvalue weighted by molar-refractivity contribution is 0.629. The molecule has 0 aliphatic heterocycles. The fourth-order valence-electron chi connectivity index (χ4n) is 2.16. The van der Waals surface area contributed by atoms with Crippen LogP contribution in [0.2, 0.25) is 0 Å². The summed E-state index contributed by atoms with van der Waals surface area (Å²) in [6.45, 7) is 3.78. The van der Waals surface area contributed by atoms with E-state index in [1.54, 1.807) is 11.3 Å². The number of aromatic nitrogens is 1. The zero-order valence-electron chi connectivity index (χ0n) is 10.6. The highest BCUT2D eigenvalue weighted by Gasteiger charge is 2.15. The summed E-state index contributed by atoms with van der Waals surface area (Å²) in [5.74, 6) is 0.455. The van der Waals surface area contributed by atoms with Gasteiger partial charge in [0.2, 0.25) is 0 Å². The van der Waals surface area contributed by atoms with Crippen molar-refractivity contribution in [2.75, 3.05) is 0 Å². The quantitative estimate of drug-likeness (QED) is 0.501. The molecule has 2 aromatic rings. The molecular weight excluding hydrogens is 238 g/mol. The van der Waals surface area contributed by atoms with Gasteiger partial charge in [-0.3, -0.25) is 0 Å². The Morgan fingerprint density at radius 3 is 2.72 bits per heavy atom. The number of allylic oxidation sites excluding steroid dienone is 1. The maximum atomic E-state index is 4.49. The first-order valence-corrected chi connectivity index (χ1v) is 7.35. The van der Waals surface area contributed by atoms with Crippen molar-refractivity contribution in [3.8, 4) is 0 Å². The van der Waals surface area contributed by atoms with Gasteiger partial charge in [-0.1, -0.05) is 42.8 Å². The van der Waals surface area contributed by atoms with Gasteiger partial charge in [-0.2, -0.15) is 0 Å². The summed E-state index contributed by atoms with van der Waals surface area (Å²) in [4.78, 5) is 4.49. The zero-order chi connectivity index (χ0) is 12.6. The van der Waals surface area contributed by atoms with Crippen LogP contribution < -0.4 is 0 Å². The average molecular weight is 257 g/mol. The third-order valence-corrected chi connectivity index (χ3v) is 3.99. The lowest BCUT2D eigenvalue weighted by Gasteiger charge is -2.14. The fourth-order valence-corrected chi connectivity index (χ4v) is 2.96. The van der Waals surface area contributed by atoms with Crippen molar-refractivity contribution < 1.29 is 0 Å². The number of unbranched alkanes of at least 4 members (excludes halogenated alkanes) is 2. The molecule has 0 spiro atoms. The molecule has 0 fully saturated rings. The van der Waals surface area contributed by atoms with E-state index in [1.807, 2.05) is 12.3 Å². The molecule has 1 aromatic heterocycles. The monoisotopic (exact) mass is 257 g/mol. The van der Waals surface area contributed by atoms with Crippen LogP contribution in [0.1, 0.15) is 42.2 Å². The first-order valence-electron chi connectivity index (χ1n) is 6.47. The van der Waals surface area contributed by atoms with Crippen LogP contribution in [0.5, 0.6) is 0 Å². The Hall–Kier alpha value is -1.41. The van der Waals surface area contributed by atoms with Crippen molar-refractivity contribution in [2.24, 2.45) is 0 Å². The molecule has 0 radical (unpaired) electrons. The smallest absolute Gasteiger partial charge is 0.0999 e. The molecule has 1 aromatic carbocycles. The van der Waals surface area contributed by atoms with Gasteiger partial charge < -0.3 is 0 Å². The van der Waals surface area contributed by atoms with Gasteiger partial charge in [0, 0.05) is 17.5 Å². The fraction of sp³-hybridized carbons (Fsp3) is 0.312. The van der Waals surface area contributed by atoms with Gasteiger partial charge in [0.25, 0.3) is 0 Å². The molecule has 0 saturated carbocycles. The Balaban J connectivity index is 2.07. The van der Waals surface area contributed by atoms with Gasteiger partial charge in [0.1, 0.15) is 0 Å². The Kier molecular flexibility index (Phi) is 5.15. The molecule has 0 aliphatic rings. The zero-order valence-corrected chi connectivity index (χ0v) is 11.4. The highest BCUT2D eigenvalue weighted by molar-refractivity contribution is 7.09. The predicted octanol–water partition coefficient (Wildman–Crippen LogP) is 5.02. The molecule has 18 heavy (non-hydrogen) atoms. The standard InChI is InChI=1S/C16H19NS/c1-2-3-4-8-11-15(16-17-12-13-18-16)14-9-6-5-7-10-14/h2,5-7,9-10,12-13,15H,1,3-4,8,11H2. The summed E-state index contributed by atoms with van der Waals surface area (Å²) < 4.78 is 0. The van der Waals surface area contributed by atoms with E-state index in [0.717, 1.165) is 6.42 Å². The van der Waals surface area contributed by atoms with E-state index in [9.17, 15) is 0 Å². The van der Waals surface area contributed by atoms with Gasteiger partial charge in [-0.05, 0) is 24.8 Å². The number of benzene rings is 1. The van der Waals surface area contributed by atoms with Crippen LogP contribution in [-0.4, -0.2) is 4.98 Å². The van der Waals surface area contributed by atoms with Crippen molar-refractivity contribution in [1.82, 2.24) is 4.98 Å². The van der Waals surface area contributed by atoms with E-state index in [1.165, 1.54) is 29.8 Å². The third-order valence-electron chi connectivity index (χ3n) is 3.10. The first-order chi connectivity index (χ1) is 8.92. The second kappa shape index (κ2) is 7.12. The SMILES string of the molecule is C=CCCCCC(c1ccccc1)c1nccs1. The molecule has 1 nitrogen and oxygen atoms in total. The van der Waals surface area contributed by atoms with Gasteiger partial charge >= 0.3 is 0 Å². The second-order valence-electron chi connectivity index (χ2n) is 4.41. The first kappa shape index (κ1) is 13.0. The summed E-state index contributed by atoms with van der Waals surface area (Å²) in [6.07, 6.45) is 8.63. The molecule has 1 unspecified atom stereocenters. The van der Waals surface area contributed by atoms with E-state index >= 15 is 0 Å². The molecule has 94 valence electrons. The largest absolute Gasteiger partial charge is 0.249 e. The molecule has 1 atom stereocenters. The van der Waals surface area contributed by atoms with Crippen LogP contribution in [0.15, 0.2) is 54.6 Å². The molecule has 0 N–H and O–H groups in total. The van der Waals surface area contributed by atoms with Crippen molar-refractivity contribution in [3.05, 3.63) is 65.1 Å². The number of thiazole rings is 1. The van der Waals surface area contributed by atoms with E-state index in [0.29, 0.717) is 5.92 Å². The summed E-state index contributed by atoms with van der Waals surface area (Å²) in [6, 6.07) is 10.7. The molecule has 1 heterocycles. The molecule has 0 aliphatic carbocycles. The van der Waals surface area contributed by atoms with E-state index in [2.05, 4.69) is 47.3 Å². The molecule has 0 saturated heterocycles. The lowest BCUT2D eigenvalue weighted by atomic mass is 9.94. The number of hydrogen-bond acceptors (Lipinski definition) is 2. The summed E-state index contributed by atoms with van der Waals surface area (Å²) in [5, 5.41) is 3.30. The lowest BCUT2D eigenvalue weighted by Crippen LogP contribution is -2.00. The predicted molar refractivity (Wildman–Crippen MR) is 79.1 cm³/mol. The Bertz CT molecular complexity index is 447. The normalized spacial score (nSPS) is 12.2. The third kappa shape index (κ3) is 3.54. The minimum atomic E-state index is 0.455. The summed E-state index contributed by atoms with van der Waals surface area (Å²) in [7, 11) is 0. The van der Waals surface area contributed by atoms with E-state index in [-0.39, 0.29) is 0 Å². The van der Waals surface area contributed by atoms with Crippen molar-refractivity contribution >= 4 is 11.3 Å². The Morgan fingerprint density at radius 2 is 2.06 bits per heavy atom. The van der Waals surface area contributed by atoms with Gasteiger partial charge in [0.05, 0.1) is 5.01 Å². The minimum absolute atomic E-state index is 0.455. The highest BCUT2D eigenvalue weighted by Crippen LogP contribution is 2.31. The molecular formula is C16H19NS. The Morgan fingerprint density at radius 1 is 1.22 bits per heavy atom. The maximum absolute atomic E-state index is 4.49. The van der Waals surface area contributed by atoms with Crippen LogP contribution in [0, 0.1) is 0 Å². The van der Waals surface area contributed by atoms with Crippen molar-refractivity contribution in [1.29, 1.82) is 0 Å². The number of rotatable bonds is 7. The highest BCUT2D eigenvalue weighted by atomic mass is 32.1. The van der Waals surface area contributed by atoms with Crippen LogP contribution in [0.25, 0.3) is 0 Å². The average Bonchev–Trinajstić information content (AvgIpc) is 2.94. The van der Waals surface area contributed by atoms with Crippen molar-refractivity contribution in [3.63, 3.8) is 0 Å². The second-order valence-corrected chi connectivity index (χ2v) is 5.33. The summed E-state index contributed by atoms with van der Waals surface area (Å²) in [5.41, 5.74) is 1.38. The number of hydrogen-bond donors (Lipinski definition) is 0. The van der Waals surface area contributed by atoms with Gasteiger partial charge in [-0.25, -0.2) is 4.98 Å². The van der Waals surface area contributed by atoms with E-state index in [4.69, 9.17) is 0 Å². The van der Waals surface area contributed by atoms with E-state index < -0.39 is 0 Å². The van der Waals surface area contributed by atoms with Crippen LogP contribution >= 0.6 is 11.3 Å². The van der Waals surface area contributed by atoms with Crippen LogP contribution in [0.3, 0.4) is 0 Å². The molecule has 0 bridgehead atoms. The van der Waals surface area contributed by atoms with Gasteiger partial charge in [-0.15, -0.1) is 17.9 Å². The van der Waals surface area contributed by atoms with Gasteiger partial charge in [0.15, 0.2) is 0 Å². The summed E-state index contributed by atoms with van der Waals surface area (Å²) >= 11 is 1.76.